The van der Waals surface area contributed by atoms with Crippen molar-refractivity contribution >= 4 is 17.4 Å². The Morgan fingerprint density at radius 2 is 1.85 bits per heavy atom. The number of anilines is 2. The van der Waals surface area contributed by atoms with Gasteiger partial charge in [0, 0.05) is 32.7 Å². The van der Waals surface area contributed by atoms with Gasteiger partial charge in [-0.25, -0.2) is 9.97 Å². The van der Waals surface area contributed by atoms with Crippen LogP contribution in [0.3, 0.4) is 0 Å². The summed E-state index contributed by atoms with van der Waals surface area (Å²) < 4.78 is 5.47. The lowest BCUT2D eigenvalue weighted by Gasteiger charge is -2.37. The Balaban J connectivity index is 1.57. The van der Waals surface area contributed by atoms with Gasteiger partial charge in [0.15, 0.2) is 0 Å². The molecular formula is C20H27N5O2. The van der Waals surface area contributed by atoms with Gasteiger partial charge < -0.3 is 19.9 Å². The van der Waals surface area contributed by atoms with E-state index in [4.69, 9.17) is 4.74 Å². The minimum Gasteiger partial charge on any atom is -0.495 e. The summed E-state index contributed by atoms with van der Waals surface area (Å²) in [5.41, 5.74) is 1.48. The number of carbonyl (C=O) groups excluding carboxylic acids is 1. The van der Waals surface area contributed by atoms with Gasteiger partial charge in [0.1, 0.15) is 17.3 Å². The molecule has 0 bridgehead atoms. The molecule has 0 atom stereocenters. The average molecular weight is 369 g/mol. The smallest absolute Gasteiger partial charge is 0.271 e. The van der Waals surface area contributed by atoms with Gasteiger partial charge >= 0.3 is 0 Å². The van der Waals surface area contributed by atoms with Crippen LogP contribution in [0.2, 0.25) is 0 Å². The highest BCUT2D eigenvalue weighted by Crippen LogP contribution is 2.28. The van der Waals surface area contributed by atoms with E-state index in [0.29, 0.717) is 12.2 Å². The predicted molar refractivity (Wildman–Crippen MR) is 107 cm³/mol. The van der Waals surface area contributed by atoms with Gasteiger partial charge in [-0.15, -0.1) is 0 Å². The van der Waals surface area contributed by atoms with Crippen LogP contribution in [0.1, 0.15) is 30.3 Å². The van der Waals surface area contributed by atoms with Crippen molar-refractivity contribution in [3.63, 3.8) is 0 Å². The Hall–Kier alpha value is -2.83. The third kappa shape index (κ3) is 4.67. The highest BCUT2D eigenvalue weighted by atomic mass is 16.5. The minimum atomic E-state index is -0.163. The number of ether oxygens (including phenoxy) is 1. The number of carbonyl (C=O) groups is 1. The van der Waals surface area contributed by atoms with Crippen LogP contribution in [0.5, 0.6) is 5.75 Å². The van der Waals surface area contributed by atoms with Crippen molar-refractivity contribution in [1.29, 1.82) is 0 Å². The van der Waals surface area contributed by atoms with Crippen molar-refractivity contribution in [3.05, 3.63) is 42.4 Å². The first-order valence-electron chi connectivity index (χ1n) is 9.46. The van der Waals surface area contributed by atoms with E-state index in [-0.39, 0.29) is 5.91 Å². The van der Waals surface area contributed by atoms with Gasteiger partial charge in [-0.1, -0.05) is 25.5 Å². The largest absolute Gasteiger partial charge is 0.495 e. The third-order valence-corrected chi connectivity index (χ3v) is 4.72. The summed E-state index contributed by atoms with van der Waals surface area (Å²) in [5.74, 6) is 1.53. The maximum Gasteiger partial charge on any atom is 0.271 e. The molecule has 144 valence electrons. The monoisotopic (exact) mass is 369 g/mol. The molecular weight excluding hydrogens is 342 g/mol. The highest BCUT2D eigenvalue weighted by Gasteiger charge is 2.21. The summed E-state index contributed by atoms with van der Waals surface area (Å²) >= 11 is 0. The molecule has 0 aliphatic carbocycles. The number of hydrogen-bond acceptors (Lipinski definition) is 6. The van der Waals surface area contributed by atoms with Gasteiger partial charge in [0.25, 0.3) is 5.91 Å². The molecule has 0 radical (unpaired) electrons. The molecule has 1 saturated heterocycles. The Morgan fingerprint density at radius 1 is 1.11 bits per heavy atom. The van der Waals surface area contributed by atoms with Gasteiger partial charge in [-0.2, -0.15) is 0 Å². The Labute approximate surface area is 160 Å². The lowest BCUT2D eigenvalue weighted by molar-refractivity contribution is 0.0948. The second-order valence-electron chi connectivity index (χ2n) is 6.52. The number of unbranched alkanes of at least 4 members (excludes halogenated alkanes) is 1. The molecule has 1 N–H and O–H groups in total. The molecule has 0 unspecified atom stereocenters. The van der Waals surface area contributed by atoms with Crippen LogP contribution in [-0.2, 0) is 0 Å². The zero-order valence-electron chi connectivity index (χ0n) is 16.0. The molecule has 2 aromatic rings. The summed E-state index contributed by atoms with van der Waals surface area (Å²) in [7, 11) is 1.70. The average Bonchev–Trinajstić information content (AvgIpc) is 2.74. The normalized spacial score (nSPS) is 14.1. The van der Waals surface area contributed by atoms with Gasteiger partial charge in [-0.3, -0.25) is 4.79 Å². The molecule has 3 rings (SSSR count). The number of benzene rings is 1. The topological polar surface area (TPSA) is 70.6 Å². The summed E-state index contributed by atoms with van der Waals surface area (Å²) in [4.78, 5) is 25.3. The van der Waals surface area contributed by atoms with E-state index < -0.39 is 0 Å². The molecule has 1 amide bonds. The van der Waals surface area contributed by atoms with Crippen molar-refractivity contribution < 1.29 is 9.53 Å². The van der Waals surface area contributed by atoms with Crippen LogP contribution in [0.4, 0.5) is 11.5 Å². The lowest BCUT2D eigenvalue weighted by atomic mass is 10.2. The number of nitrogens with one attached hydrogen (secondary N) is 1. The van der Waals surface area contributed by atoms with Gasteiger partial charge in [-0.05, 0) is 18.6 Å². The molecule has 27 heavy (non-hydrogen) atoms. The molecule has 1 aromatic carbocycles. The number of rotatable bonds is 7. The predicted octanol–water partition coefficient (Wildman–Crippen LogP) is 2.34. The Bertz CT molecular complexity index is 742. The molecule has 1 aliphatic heterocycles. The van der Waals surface area contributed by atoms with Crippen LogP contribution in [0.25, 0.3) is 0 Å². The van der Waals surface area contributed by atoms with E-state index in [2.05, 4.69) is 38.1 Å². The first-order valence-corrected chi connectivity index (χ1v) is 9.46. The van der Waals surface area contributed by atoms with Crippen LogP contribution in [0, 0.1) is 0 Å². The Morgan fingerprint density at radius 3 is 2.52 bits per heavy atom. The van der Waals surface area contributed by atoms with E-state index in [0.717, 1.165) is 56.3 Å². The van der Waals surface area contributed by atoms with Crippen molar-refractivity contribution in [2.75, 3.05) is 49.6 Å². The van der Waals surface area contributed by atoms with Crippen molar-refractivity contribution in [2.45, 2.75) is 19.8 Å². The zero-order chi connectivity index (χ0) is 19.1. The molecule has 1 aromatic heterocycles. The molecule has 7 heteroatoms. The highest BCUT2D eigenvalue weighted by molar-refractivity contribution is 5.91. The fourth-order valence-electron chi connectivity index (χ4n) is 3.14. The quantitative estimate of drug-likeness (QED) is 0.756. The van der Waals surface area contributed by atoms with E-state index in [1.54, 1.807) is 19.5 Å². The summed E-state index contributed by atoms with van der Waals surface area (Å²) in [6.45, 7) is 6.20. The molecule has 0 saturated carbocycles. The van der Waals surface area contributed by atoms with Gasteiger partial charge in [0.05, 0.1) is 25.2 Å². The number of piperazine rings is 1. The third-order valence-electron chi connectivity index (χ3n) is 4.72. The number of hydrogen-bond donors (Lipinski definition) is 1. The van der Waals surface area contributed by atoms with E-state index >= 15 is 0 Å². The maximum absolute atomic E-state index is 12.0. The zero-order valence-corrected chi connectivity index (χ0v) is 16.0. The van der Waals surface area contributed by atoms with Crippen LogP contribution in [-0.4, -0.2) is 55.7 Å². The summed E-state index contributed by atoms with van der Waals surface area (Å²) in [6.07, 6.45) is 5.26. The number of methoxy groups -OCH3 is 1. The minimum absolute atomic E-state index is 0.163. The van der Waals surface area contributed by atoms with Crippen LogP contribution < -0.4 is 19.9 Å². The fourth-order valence-corrected chi connectivity index (χ4v) is 3.14. The second-order valence-corrected chi connectivity index (χ2v) is 6.52. The van der Waals surface area contributed by atoms with E-state index in [9.17, 15) is 4.79 Å². The number of amides is 1. The SMILES string of the molecule is CCCCNC(=O)c1cnc(N2CCN(c3ccccc3OC)CC2)cn1. The standard InChI is InChI=1S/C20H27N5O2/c1-3-4-9-21-20(26)16-14-23-19(15-22-16)25-12-10-24(11-13-25)17-7-5-6-8-18(17)27-2/h5-8,14-15H,3-4,9-13H2,1-2H3,(H,21,26). The van der Waals surface area contributed by atoms with Crippen molar-refractivity contribution in [2.24, 2.45) is 0 Å². The molecule has 1 fully saturated rings. The van der Waals surface area contributed by atoms with Crippen LogP contribution in [0.15, 0.2) is 36.7 Å². The van der Waals surface area contributed by atoms with Crippen LogP contribution >= 0.6 is 0 Å². The van der Waals surface area contributed by atoms with Crippen molar-refractivity contribution in [3.8, 4) is 5.75 Å². The fraction of sp³-hybridized carbons (Fsp3) is 0.450. The van der Waals surface area contributed by atoms with E-state index in [1.165, 1.54) is 0 Å². The first-order chi connectivity index (χ1) is 13.2. The first kappa shape index (κ1) is 18.9. The maximum atomic E-state index is 12.0. The molecule has 1 aliphatic rings. The summed E-state index contributed by atoms with van der Waals surface area (Å²) in [5, 5.41) is 2.86. The molecule has 7 nitrogen and oxygen atoms in total. The Kier molecular flexibility index (Phi) is 6.46. The molecule has 0 spiro atoms. The van der Waals surface area contributed by atoms with E-state index in [1.807, 2.05) is 18.2 Å². The number of nitrogens with zero attached hydrogens (tertiary/aromatic N) is 4. The van der Waals surface area contributed by atoms with Gasteiger partial charge in [0.2, 0.25) is 0 Å². The number of aromatic nitrogens is 2. The second kappa shape index (κ2) is 9.21. The lowest BCUT2D eigenvalue weighted by Crippen LogP contribution is -2.47. The molecule has 2 heterocycles. The summed E-state index contributed by atoms with van der Waals surface area (Å²) in [6, 6.07) is 8.08. The van der Waals surface area contributed by atoms with Crippen molar-refractivity contribution in [1.82, 2.24) is 15.3 Å². The number of para-hydroxylation sites is 2.